The second-order valence-corrected chi connectivity index (χ2v) is 6.88. The van der Waals surface area contributed by atoms with E-state index < -0.39 is 43.6 Å². The number of rotatable bonds is 4. The van der Waals surface area contributed by atoms with Crippen molar-refractivity contribution < 1.29 is 18.3 Å². The molecule has 112 valence electrons. The third-order valence-corrected chi connectivity index (χ3v) is 3.89. The van der Waals surface area contributed by atoms with E-state index in [1.54, 1.807) is 4.98 Å². The second-order valence-electron chi connectivity index (χ2n) is 5.19. The smallest absolute Gasteiger partial charge is 0.325 e. The number of carboxylic acids is 1. The van der Waals surface area contributed by atoms with Gasteiger partial charge in [0.2, 0.25) is 10.0 Å². The van der Waals surface area contributed by atoms with E-state index in [9.17, 15) is 22.8 Å². The number of aromatic nitrogens is 2. The molecule has 0 aliphatic rings. The molecule has 0 spiro atoms. The van der Waals surface area contributed by atoms with Crippen LogP contribution in [0.25, 0.3) is 0 Å². The lowest BCUT2D eigenvalue weighted by atomic mass is 9.88. The van der Waals surface area contributed by atoms with E-state index in [2.05, 4.69) is 0 Å². The summed E-state index contributed by atoms with van der Waals surface area (Å²) in [5.74, 6) is -1.37. The molecule has 1 atom stereocenters. The van der Waals surface area contributed by atoms with E-state index in [4.69, 9.17) is 5.11 Å². The lowest BCUT2D eigenvalue weighted by Gasteiger charge is -2.27. The summed E-state index contributed by atoms with van der Waals surface area (Å²) in [5, 5.41) is 9.06. The van der Waals surface area contributed by atoms with Crippen LogP contribution in [-0.4, -0.2) is 35.5 Å². The number of nitrogens with one attached hydrogen (secondary N) is 3. The van der Waals surface area contributed by atoms with Crippen molar-refractivity contribution in [2.24, 2.45) is 5.41 Å². The molecule has 0 fully saturated rings. The van der Waals surface area contributed by atoms with Gasteiger partial charge in [-0.3, -0.25) is 14.6 Å². The van der Waals surface area contributed by atoms with Crippen LogP contribution in [0.5, 0.6) is 0 Å². The highest BCUT2D eigenvalue weighted by atomic mass is 32.2. The Bertz CT molecular complexity index is 724. The number of aromatic amines is 2. The number of hydrogen-bond acceptors (Lipinski definition) is 5. The summed E-state index contributed by atoms with van der Waals surface area (Å²) in [6, 6.07) is -1.43. The van der Waals surface area contributed by atoms with Crippen LogP contribution in [0.3, 0.4) is 0 Å². The molecular formula is C10H15N3O6S. The maximum atomic E-state index is 12.0. The Morgan fingerprint density at radius 2 is 1.90 bits per heavy atom. The minimum Gasteiger partial charge on any atom is -0.480 e. The lowest BCUT2D eigenvalue weighted by molar-refractivity contribution is -0.141. The van der Waals surface area contributed by atoms with Gasteiger partial charge in [-0.1, -0.05) is 20.8 Å². The molecule has 9 nitrogen and oxygen atoms in total. The van der Waals surface area contributed by atoms with Crippen molar-refractivity contribution in [1.82, 2.24) is 14.7 Å². The quantitative estimate of drug-likeness (QED) is 0.551. The van der Waals surface area contributed by atoms with Crippen LogP contribution in [0, 0.1) is 5.41 Å². The molecule has 20 heavy (non-hydrogen) atoms. The van der Waals surface area contributed by atoms with Crippen molar-refractivity contribution in [2.45, 2.75) is 31.7 Å². The standard InChI is InChI=1S/C10H15N3O6S/c1-10(2,3)6(8(15)16)13-20(18,19)5-4-11-9(17)12-7(5)14/h4,6,13H,1-3H3,(H,15,16)(H2,11,12,14,17)/t6-/m0/s1. The number of hydrogen-bond donors (Lipinski definition) is 4. The first-order chi connectivity index (χ1) is 8.95. The van der Waals surface area contributed by atoms with E-state index in [0.29, 0.717) is 6.20 Å². The fourth-order valence-electron chi connectivity index (χ4n) is 1.41. The molecule has 0 radical (unpaired) electrons. The van der Waals surface area contributed by atoms with Crippen molar-refractivity contribution in [3.63, 3.8) is 0 Å². The van der Waals surface area contributed by atoms with Gasteiger partial charge in [-0.2, -0.15) is 4.72 Å². The predicted molar refractivity (Wildman–Crippen MR) is 68.9 cm³/mol. The fourth-order valence-corrected chi connectivity index (χ4v) is 2.81. The molecule has 0 unspecified atom stereocenters. The highest BCUT2D eigenvalue weighted by molar-refractivity contribution is 7.89. The molecule has 1 aromatic rings. The Balaban J connectivity index is 3.27. The summed E-state index contributed by atoms with van der Waals surface area (Å²) in [6.45, 7) is 4.60. The number of H-pyrrole nitrogens is 2. The van der Waals surface area contributed by atoms with Crippen LogP contribution in [0.1, 0.15) is 20.8 Å². The van der Waals surface area contributed by atoms with Crippen LogP contribution < -0.4 is 16.0 Å². The largest absolute Gasteiger partial charge is 0.480 e. The molecule has 0 saturated carbocycles. The van der Waals surface area contributed by atoms with E-state index in [0.717, 1.165) is 0 Å². The van der Waals surface area contributed by atoms with Gasteiger partial charge in [0.1, 0.15) is 6.04 Å². The van der Waals surface area contributed by atoms with Crippen molar-refractivity contribution >= 4 is 16.0 Å². The van der Waals surface area contributed by atoms with Crippen LogP contribution in [-0.2, 0) is 14.8 Å². The first kappa shape index (κ1) is 16.1. The normalized spacial score (nSPS) is 13.9. The van der Waals surface area contributed by atoms with E-state index >= 15 is 0 Å². The molecule has 0 saturated heterocycles. The fraction of sp³-hybridized carbons (Fsp3) is 0.500. The third kappa shape index (κ3) is 3.54. The first-order valence-corrected chi connectivity index (χ1v) is 7.00. The zero-order chi connectivity index (χ0) is 15.7. The lowest BCUT2D eigenvalue weighted by Crippen LogP contribution is -2.50. The summed E-state index contributed by atoms with van der Waals surface area (Å²) in [4.78, 5) is 36.4. The Hall–Kier alpha value is -1.94. The van der Waals surface area contributed by atoms with Crippen LogP contribution >= 0.6 is 0 Å². The Kier molecular flexibility index (Phi) is 4.20. The van der Waals surface area contributed by atoms with E-state index in [-0.39, 0.29) is 0 Å². The molecule has 10 heteroatoms. The Labute approximate surface area is 114 Å². The first-order valence-electron chi connectivity index (χ1n) is 5.52. The molecule has 0 aliphatic heterocycles. The summed E-state index contributed by atoms with van der Waals surface area (Å²) < 4.78 is 26.0. The van der Waals surface area contributed by atoms with Crippen LogP contribution in [0.15, 0.2) is 20.7 Å². The summed E-state index contributed by atoms with van der Waals surface area (Å²) >= 11 is 0. The Morgan fingerprint density at radius 1 is 1.35 bits per heavy atom. The average Bonchev–Trinajstić information content (AvgIpc) is 2.23. The van der Waals surface area contributed by atoms with Gasteiger partial charge in [-0.05, 0) is 5.41 Å². The molecule has 4 N–H and O–H groups in total. The van der Waals surface area contributed by atoms with Crippen molar-refractivity contribution in [3.8, 4) is 0 Å². The molecule has 0 aromatic carbocycles. The molecule has 1 aromatic heterocycles. The third-order valence-electron chi connectivity index (χ3n) is 2.46. The topological polar surface area (TPSA) is 149 Å². The molecule has 0 aliphatic carbocycles. The van der Waals surface area contributed by atoms with Gasteiger partial charge in [0.25, 0.3) is 5.56 Å². The summed E-state index contributed by atoms with van der Waals surface area (Å²) in [5.41, 5.74) is -2.90. The number of aliphatic carboxylic acids is 1. The van der Waals surface area contributed by atoms with Crippen molar-refractivity contribution in [2.75, 3.05) is 0 Å². The van der Waals surface area contributed by atoms with E-state index in [1.165, 1.54) is 20.8 Å². The maximum Gasteiger partial charge on any atom is 0.325 e. The Morgan fingerprint density at radius 3 is 2.30 bits per heavy atom. The molecule has 0 amide bonds. The molecular weight excluding hydrogens is 290 g/mol. The van der Waals surface area contributed by atoms with Crippen LogP contribution in [0.4, 0.5) is 0 Å². The highest BCUT2D eigenvalue weighted by Crippen LogP contribution is 2.20. The summed E-state index contributed by atoms with van der Waals surface area (Å²) in [6.07, 6.45) is 0.713. The minimum atomic E-state index is -4.38. The number of carboxylic acid groups (broad SMARTS) is 1. The zero-order valence-electron chi connectivity index (χ0n) is 11.1. The van der Waals surface area contributed by atoms with E-state index in [1.807, 2.05) is 9.71 Å². The SMILES string of the molecule is CC(C)(C)[C@@H](NS(=O)(=O)c1c[nH]c(=O)[nH]c1=O)C(=O)O. The van der Waals surface area contributed by atoms with Gasteiger partial charge < -0.3 is 10.1 Å². The maximum absolute atomic E-state index is 12.0. The summed E-state index contributed by atoms with van der Waals surface area (Å²) in [7, 11) is -4.38. The predicted octanol–water partition coefficient (Wildman–Crippen LogP) is -1.16. The van der Waals surface area contributed by atoms with Crippen molar-refractivity contribution in [1.29, 1.82) is 0 Å². The molecule has 1 rings (SSSR count). The van der Waals surface area contributed by atoms with Gasteiger partial charge in [-0.15, -0.1) is 0 Å². The zero-order valence-corrected chi connectivity index (χ0v) is 11.9. The van der Waals surface area contributed by atoms with Gasteiger partial charge in [-0.25, -0.2) is 13.2 Å². The monoisotopic (exact) mass is 305 g/mol. The number of carbonyl (C=O) groups is 1. The van der Waals surface area contributed by atoms with Gasteiger partial charge in [0.05, 0.1) is 0 Å². The minimum absolute atomic E-state index is 0.713. The highest BCUT2D eigenvalue weighted by Gasteiger charge is 2.36. The number of sulfonamides is 1. The van der Waals surface area contributed by atoms with Gasteiger partial charge in [0, 0.05) is 6.20 Å². The average molecular weight is 305 g/mol. The van der Waals surface area contributed by atoms with Gasteiger partial charge >= 0.3 is 11.7 Å². The van der Waals surface area contributed by atoms with Crippen molar-refractivity contribution in [3.05, 3.63) is 27.0 Å². The second kappa shape index (κ2) is 5.21. The van der Waals surface area contributed by atoms with Crippen LogP contribution in [0.2, 0.25) is 0 Å². The molecule has 1 heterocycles. The van der Waals surface area contributed by atoms with Gasteiger partial charge in [0.15, 0.2) is 4.90 Å². The molecule has 0 bridgehead atoms.